The van der Waals surface area contributed by atoms with Crippen molar-refractivity contribution in [3.63, 3.8) is 0 Å². The van der Waals surface area contributed by atoms with Crippen LogP contribution in [0.15, 0.2) is 23.7 Å². The maximum Gasteiger partial charge on any atom is 0.804 e. The maximum atomic E-state index is 11.9. The van der Waals surface area contributed by atoms with E-state index in [9.17, 15) is 4.57 Å². The van der Waals surface area contributed by atoms with Gasteiger partial charge in [-0.2, -0.15) is 0 Å². The lowest BCUT2D eigenvalue weighted by Crippen LogP contribution is -2.05. The van der Waals surface area contributed by atoms with Gasteiger partial charge in [0.1, 0.15) is 0 Å². The Morgan fingerprint density at radius 3 is 1.35 bits per heavy atom. The molecule has 0 aliphatic rings. The molecule has 0 N–H and O–H groups in total. The molecule has 0 saturated carbocycles. The van der Waals surface area contributed by atoms with Crippen LogP contribution in [0.3, 0.4) is 0 Å². The third-order valence-corrected chi connectivity index (χ3v) is 3.33. The minimum atomic E-state index is -2.46. The monoisotopic (exact) mass is 381 g/mol. The first-order chi connectivity index (χ1) is 9.13. The standard InChI is InChI=1S/C12H18Cl4O3P/c1-7(13)5-11(9(3)15)18-20(17)19-12(10(4)16)6-8(2)14/h5-10H,1-4H3/q+1/b11-5-,12-6-. The summed E-state index contributed by atoms with van der Waals surface area (Å²) in [7, 11) is -2.46. The van der Waals surface area contributed by atoms with E-state index in [1.807, 2.05) is 0 Å². The molecular weight excluding hydrogens is 365 g/mol. The molecule has 4 atom stereocenters. The van der Waals surface area contributed by atoms with E-state index in [4.69, 9.17) is 55.5 Å². The first-order valence-corrected chi connectivity index (χ1v) is 8.80. The average molecular weight is 383 g/mol. The van der Waals surface area contributed by atoms with Crippen molar-refractivity contribution in [3.8, 4) is 0 Å². The van der Waals surface area contributed by atoms with Crippen LogP contribution in [0.25, 0.3) is 0 Å². The highest BCUT2D eigenvalue weighted by atomic mass is 35.5. The summed E-state index contributed by atoms with van der Waals surface area (Å²) < 4.78 is 22.2. The lowest BCUT2D eigenvalue weighted by molar-refractivity contribution is 0.304. The van der Waals surface area contributed by atoms with E-state index in [-0.39, 0.29) is 22.3 Å². The van der Waals surface area contributed by atoms with Gasteiger partial charge in [-0.15, -0.1) is 46.4 Å². The Balaban J connectivity index is 4.83. The Labute approximate surface area is 141 Å². The van der Waals surface area contributed by atoms with E-state index in [2.05, 4.69) is 0 Å². The zero-order chi connectivity index (χ0) is 15.9. The van der Waals surface area contributed by atoms with Gasteiger partial charge in [0.2, 0.25) is 0 Å². The van der Waals surface area contributed by atoms with Crippen LogP contribution >= 0.6 is 54.7 Å². The fraction of sp³-hybridized carbons (Fsp3) is 0.667. The molecule has 0 saturated heterocycles. The molecule has 0 heterocycles. The first-order valence-electron chi connectivity index (χ1n) is 5.96. The molecule has 0 aliphatic heterocycles. The lowest BCUT2D eigenvalue weighted by Gasteiger charge is -2.06. The SMILES string of the molecule is CC(Cl)/C=C(\O[P+](=O)O/C(=C\C(C)Cl)C(C)Cl)C(C)Cl. The number of hydrogen-bond acceptors (Lipinski definition) is 3. The Morgan fingerprint density at radius 2 is 1.15 bits per heavy atom. The molecule has 3 nitrogen and oxygen atoms in total. The molecule has 0 radical (unpaired) electrons. The van der Waals surface area contributed by atoms with Gasteiger partial charge < -0.3 is 0 Å². The number of hydrogen-bond donors (Lipinski definition) is 0. The van der Waals surface area contributed by atoms with Crippen LogP contribution in [0.2, 0.25) is 0 Å². The van der Waals surface area contributed by atoms with E-state index < -0.39 is 19.0 Å². The molecule has 0 amide bonds. The average Bonchev–Trinajstić information content (AvgIpc) is 2.25. The van der Waals surface area contributed by atoms with Crippen LogP contribution in [-0.4, -0.2) is 21.5 Å². The summed E-state index contributed by atoms with van der Waals surface area (Å²) in [6, 6.07) is 0. The molecule has 0 spiro atoms. The minimum absolute atomic E-state index is 0.288. The summed E-state index contributed by atoms with van der Waals surface area (Å²) >= 11 is 23.5. The summed E-state index contributed by atoms with van der Waals surface area (Å²) in [5.74, 6) is 0.576. The molecule has 0 aliphatic carbocycles. The Kier molecular flexibility index (Phi) is 10.3. The van der Waals surface area contributed by atoms with E-state index >= 15 is 0 Å². The molecule has 0 aromatic rings. The molecule has 0 rings (SSSR count). The first kappa shape index (κ1) is 20.3. The largest absolute Gasteiger partial charge is 0.804 e. The normalized spacial score (nSPS) is 19.9. The van der Waals surface area contributed by atoms with Gasteiger partial charge in [0, 0.05) is 4.57 Å². The molecule has 0 aromatic heterocycles. The maximum absolute atomic E-state index is 11.9. The third kappa shape index (κ3) is 9.31. The second kappa shape index (κ2) is 10.1. The molecule has 20 heavy (non-hydrogen) atoms. The summed E-state index contributed by atoms with van der Waals surface area (Å²) in [6.07, 6.45) is 3.13. The van der Waals surface area contributed by atoms with Gasteiger partial charge >= 0.3 is 8.25 Å². The van der Waals surface area contributed by atoms with Gasteiger partial charge in [0.25, 0.3) is 0 Å². The fourth-order valence-electron chi connectivity index (χ4n) is 1.11. The van der Waals surface area contributed by atoms with E-state index in [0.29, 0.717) is 0 Å². The third-order valence-electron chi connectivity index (χ3n) is 1.93. The molecular formula is C12H18Cl4O3P+. The highest BCUT2D eigenvalue weighted by molar-refractivity contribution is 7.33. The van der Waals surface area contributed by atoms with Crippen molar-refractivity contribution in [2.45, 2.75) is 49.2 Å². The topological polar surface area (TPSA) is 35.5 Å². The summed E-state index contributed by atoms with van der Waals surface area (Å²) in [5.41, 5.74) is 0. The fourth-order valence-corrected chi connectivity index (χ4v) is 2.54. The Morgan fingerprint density at radius 1 is 0.850 bits per heavy atom. The van der Waals surface area contributed by atoms with Crippen molar-refractivity contribution >= 4 is 54.7 Å². The minimum Gasteiger partial charge on any atom is -0.225 e. The van der Waals surface area contributed by atoms with Crippen LogP contribution < -0.4 is 0 Å². The predicted octanol–water partition coefficient (Wildman–Crippen LogP) is 5.95. The van der Waals surface area contributed by atoms with Crippen molar-refractivity contribution in [3.05, 3.63) is 23.7 Å². The van der Waals surface area contributed by atoms with Crippen molar-refractivity contribution < 1.29 is 13.6 Å². The second-order valence-electron chi connectivity index (χ2n) is 4.13. The number of alkyl halides is 4. The van der Waals surface area contributed by atoms with Gasteiger partial charge in [-0.25, -0.2) is 9.05 Å². The van der Waals surface area contributed by atoms with E-state index in [0.717, 1.165) is 0 Å². The summed E-state index contributed by atoms with van der Waals surface area (Å²) in [4.78, 5) is 0. The van der Waals surface area contributed by atoms with Gasteiger partial charge in [-0.1, -0.05) is 0 Å². The Hall–Kier alpha value is 0.340. The number of rotatable bonds is 8. The summed E-state index contributed by atoms with van der Waals surface area (Å²) in [5, 5.41) is -1.57. The van der Waals surface area contributed by atoms with Gasteiger partial charge in [0.15, 0.2) is 11.5 Å². The number of halogens is 4. The highest BCUT2D eigenvalue weighted by Crippen LogP contribution is 2.35. The van der Waals surface area contributed by atoms with Crippen LogP contribution in [0.5, 0.6) is 0 Å². The molecule has 0 fully saturated rings. The van der Waals surface area contributed by atoms with Crippen molar-refractivity contribution in [1.82, 2.24) is 0 Å². The highest BCUT2D eigenvalue weighted by Gasteiger charge is 2.30. The zero-order valence-electron chi connectivity index (χ0n) is 11.6. The number of allylic oxidation sites excluding steroid dienone is 4. The molecule has 8 heteroatoms. The molecule has 0 bridgehead atoms. The second-order valence-corrected chi connectivity index (χ2v) is 7.63. The molecule has 4 unspecified atom stereocenters. The van der Waals surface area contributed by atoms with Crippen molar-refractivity contribution in [2.24, 2.45) is 0 Å². The van der Waals surface area contributed by atoms with Crippen LogP contribution in [0, 0.1) is 0 Å². The zero-order valence-corrected chi connectivity index (χ0v) is 15.6. The van der Waals surface area contributed by atoms with Gasteiger partial charge in [-0.05, 0) is 39.8 Å². The molecule has 0 aromatic carbocycles. The summed E-state index contributed by atoms with van der Waals surface area (Å²) in [6.45, 7) is 6.83. The van der Waals surface area contributed by atoms with Crippen LogP contribution in [0.1, 0.15) is 27.7 Å². The smallest absolute Gasteiger partial charge is 0.225 e. The molecule has 116 valence electrons. The predicted molar refractivity (Wildman–Crippen MR) is 87.2 cm³/mol. The van der Waals surface area contributed by atoms with Crippen molar-refractivity contribution in [2.75, 3.05) is 0 Å². The van der Waals surface area contributed by atoms with Gasteiger partial charge in [-0.3, -0.25) is 0 Å². The van der Waals surface area contributed by atoms with E-state index in [1.165, 1.54) is 0 Å². The van der Waals surface area contributed by atoms with Crippen molar-refractivity contribution in [1.29, 1.82) is 0 Å². The van der Waals surface area contributed by atoms with Gasteiger partial charge in [0.05, 0.1) is 21.5 Å². The van der Waals surface area contributed by atoms with Crippen LogP contribution in [-0.2, 0) is 13.6 Å². The Bertz CT molecular complexity index is 345. The van der Waals surface area contributed by atoms with E-state index in [1.54, 1.807) is 39.8 Å². The lowest BCUT2D eigenvalue weighted by atomic mass is 10.3. The van der Waals surface area contributed by atoms with Crippen LogP contribution in [0.4, 0.5) is 0 Å². The quantitative estimate of drug-likeness (QED) is 0.295.